The number of para-hydroxylation sites is 1. The molecule has 1 atom stereocenters. The topological polar surface area (TPSA) is 40.6 Å². The first kappa shape index (κ1) is 17.1. The molecule has 0 unspecified atom stereocenters. The quantitative estimate of drug-likeness (QED) is 0.828. The molecule has 2 aliphatic heterocycles. The van der Waals surface area contributed by atoms with E-state index in [9.17, 15) is 0 Å². The van der Waals surface area contributed by atoms with E-state index in [1.165, 1.54) is 16.1 Å². The first-order valence-electron chi connectivity index (χ1n) is 9.01. The fourth-order valence-electron chi connectivity index (χ4n) is 3.55. The number of hydrogen-bond donors (Lipinski definition) is 1. The number of aromatic nitrogens is 1. The maximum atomic E-state index is 5.69. The second-order valence-electron chi connectivity index (χ2n) is 6.56. The van der Waals surface area contributed by atoms with Gasteiger partial charge in [0.2, 0.25) is 0 Å². The van der Waals surface area contributed by atoms with Gasteiger partial charge in [-0.1, -0.05) is 12.1 Å². The van der Waals surface area contributed by atoms with Crippen LogP contribution in [0.2, 0.25) is 0 Å². The molecule has 1 N–H and O–H groups in total. The second-order valence-corrected chi connectivity index (χ2v) is 8.01. The molecule has 0 aliphatic carbocycles. The lowest BCUT2D eigenvalue weighted by Gasteiger charge is -2.29. The number of thiocarbonyl (C=S) groups is 1. The summed E-state index contributed by atoms with van der Waals surface area (Å²) in [5.74, 6) is 0. The largest absolute Gasteiger partial charge is 0.379 e. The van der Waals surface area contributed by atoms with E-state index in [0.717, 1.165) is 63.0 Å². The lowest BCUT2D eigenvalue weighted by atomic mass is 10.2. The predicted molar refractivity (Wildman–Crippen MR) is 106 cm³/mol. The number of ether oxygens (including phenoxy) is 1. The number of thiazole rings is 1. The first-order valence-corrected chi connectivity index (χ1v) is 10.2. The van der Waals surface area contributed by atoms with Crippen molar-refractivity contribution in [1.29, 1.82) is 0 Å². The van der Waals surface area contributed by atoms with Crippen molar-refractivity contribution in [2.45, 2.75) is 18.9 Å². The van der Waals surface area contributed by atoms with E-state index in [2.05, 4.69) is 39.4 Å². The van der Waals surface area contributed by atoms with E-state index >= 15 is 0 Å². The van der Waals surface area contributed by atoms with Gasteiger partial charge in [0.05, 0.1) is 29.5 Å². The van der Waals surface area contributed by atoms with Gasteiger partial charge in [-0.25, -0.2) is 4.98 Å². The SMILES string of the molecule is S=C(NCCN1CCOCC1)N1CCC[C@@H]1c1nc2ccccc2s1. The van der Waals surface area contributed by atoms with Gasteiger partial charge in [-0.3, -0.25) is 4.90 Å². The molecule has 7 heteroatoms. The Bertz CT molecular complexity index is 696. The third-order valence-electron chi connectivity index (χ3n) is 4.92. The van der Waals surface area contributed by atoms with Crippen LogP contribution in [0.4, 0.5) is 0 Å². The van der Waals surface area contributed by atoms with Crippen LogP contribution in [-0.2, 0) is 4.74 Å². The summed E-state index contributed by atoms with van der Waals surface area (Å²) in [5.41, 5.74) is 1.10. The summed E-state index contributed by atoms with van der Waals surface area (Å²) in [5, 5.41) is 5.52. The van der Waals surface area contributed by atoms with Crippen molar-refractivity contribution in [3.05, 3.63) is 29.3 Å². The summed E-state index contributed by atoms with van der Waals surface area (Å²) < 4.78 is 6.65. The Morgan fingerprint density at radius 3 is 2.96 bits per heavy atom. The fourth-order valence-corrected chi connectivity index (χ4v) is 4.98. The van der Waals surface area contributed by atoms with Gasteiger partial charge in [0.1, 0.15) is 5.01 Å². The van der Waals surface area contributed by atoms with E-state index in [0.29, 0.717) is 6.04 Å². The molecule has 1 aromatic carbocycles. The van der Waals surface area contributed by atoms with Gasteiger partial charge in [0.15, 0.2) is 5.11 Å². The average molecular weight is 377 g/mol. The smallest absolute Gasteiger partial charge is 0.169 e. The molecule has 0 bridgehead atoms. The van der Waals surface area contributed by atoms with Gasteiger partial charge < -0.3 is 15.0 Å². The average Bonchev–Trinajstić information content (AvgIpc) is 3.29. The fraction of sp³-hybridized carbons (Fsp3) is 0.556. The van der Waals surface area contributed by atoms with Crippen LogP contribution in [0, 0.1) is 0 Å². The molecule has 5 nitrogen and oxygen atoms in total. The molecule has 2 saturated heterocycles. The highest BCUT2D eigenvalue weighted by atomic mass is 32.1. The number of likely N-dealkylation sites (tertiary alicyclic amines) is 1. The number of rotatable bonds is 4. The monoisotopic (exact) mass is 376 g/mol. The molecule has 2 fully saturated rings. The van der Waals surface area contributed by atoms with Crippen LogP contribution < -0.4 is 5.32 Å². The molecule has 4 rings (SSSR count). The molecule has 0 saturated carbocycles. The van der Waals surface area contributed by atoms with E-state index in [4.69, 9.17) is 21.9 Å². The Morgan fingerprint density at radius 1 is 1.28 bits per heavy atom. The van der Waals surface area contributed by atoms with Gasteiger partial charge >= 0.3 is 0 Å². The second kappa shape index (κ2) is 7.95. The Hall–Kier alpha value is -1.28. The third kappa shape index (κ3) is 3.95. The highest BCUT2D eigenvalue weighted by Gasteiger charge is 2.30. The number of nitrogens with one attached hydrogen (secondary N) is 1. The van der Waals surface area contributed by atoms with E-state index in [1.807, 2.05) is 0 Å². The van der Waals surface area contributed by atoms with Crippen LogP contribution in [0.5, 0.6) is 0 Å². The Labute approximate surface area is 158 Å². The third-order valence-corrected chi connectivity index (χ3v) is 6.43. The number of morpholine rings is 1. The van der Waals surface area contributed by atoms with Crippen molar-refractivity contribution < 1.29 is 4.74 Å². The van der Waals surface area contributed by atoms with Crippen molar-refractivity contribution >= 4 is 38.9 Å². The highest BCUT2D eigenvalue weighted by molar-refractivity contribution is 7.80. The summed E-state index contributed by atoms with van der Waals surface area (Å²) in [6.45, 7) is 6.65. The number of fused-ring (bicyclic) bond motifs is 1. The normalized spacial score (nSPS) is 21.8. The molecule has 134 valence electrons. The van der Waals surface area contributed by atoms with Crippen LogP contribution in [0.15, 0.2) is 24.3 Å². The minimum atomic E-state index is 0.320. The highest BCUT2D eigenvalue weighted by Crippen LogP contribution is 2.36. The van der Waals surface area contributed by atoms with E-state index in [1.54, 1.807) is 11.3 Å². The van der Waals surface area contributed by atoms with Crippen molar-refractivity contribution in [3.8, 4) is 0 Å². The molecule has 0 amide bonds. The van der Waals surface area contributed by atoms with Crippen molar-refractivity contribution in [3.63, 3.8) is 0 Å². The Kier molecular flexibility index (Phi) is 5.45. The zero-order chi connectivity index (χ0) is 17.1. The lowest BCUT2D eigenvalue weighted by Crippen LogP contribution is -2.44. The van der Waals surface area contributed by atoms with Gasteiger partial charge in [-0.05, 0) is 37.2 Å². The van der Waals surface area contributed by atoms with Crippen LogP contribution in [0.1, 0.15) is 23.9 Å². The molecule has 2 aromatic rings. The number of hydrogen-bond acceptors (Lipinski definition) is 5. The summed E-state index contributed by atoms with van der Waals surface area (Å²) in [6.07, 6.45) is 2.30. The molecule has 2 aliphatic rings. The number of benzene rings is 1. The molecule has 1 aromatic heterocycles. The molecule has 0 spiro atoms. The van der Waals surface area contributed by atoms with Crippen LogP contribution >= 0.6 is 23.6 Å². The van der Waals surface area contributed by atoms with E-state index < -0.39 is 0 Å². The minimum Gasteiger partial charge on any atom is -0.379 e. The van der Waals surface area contributed by atoms with Gasteiger partial charge in [0, 0.05) is 32.7 Å². The molecule has 0 radical (unpaired) electrons. The van der Waals surface area contributed by atoms with Gasteiger partial charge in [0.25, 0.3) is 0 Å². The van der Waals surface area contributed by atoms with Crippen LogP contribution in [0.3, 0.4) is 0 Å². The van der Waals surface area contributed by atoms with Gasteiger partial charge in [-0.2, -0.15) is 0 Å². The predicted octanol–water partition coefficient (Wildman–Crippen LogP) is 2.64. The van der Waals surface area contributed by atoms with Crippen LogP contribution in [-0.4, -0.2) is 65.8 Å². The Balaban J connectivity index is 1.36. The summed E-state index contributed by atoms with van der Waals surface area (Å²) in [7, 11) is 0. The minimum absolute atomic E-state index is 0.320. The molecule has 25 heavy (non-hydrogen) atoms. The lowest BCUT2D eigenvalue weighted by molar-refractivity contribution is 0.0388. The summed E-state index contributed by atoms with van der Waals surface area (Å²) in [4.78, 5) is 9.60. The Morgan fingerprint density at radius 2 is 2.12 bits per heavy atom. The maximum absolute atomic E-state index is 5.69. The van der Waals surface area contributed by atoms with Crippen molar-refractivity contribution in [1.82, 2.24) is 20.1 Å². The summed E-state index contributed by atoms with van der Waals surface area (Å²) >= 11 is 7.49. The molecular weight excluding hydrogens is 352 g/mol. The zero-order valence-electron chi connectivity index (χ0n) is 14.3. The molecule has 3 heterocycles. The van der Waals surface area contributed by atoms with Crippen LogP contribution in [0.25, 0.3) is 10.2 Å². The number of nitrogens with zero attached hydrogens (tertiary/aromatic N) is 3. The van der Waals surface area contributed by atoms with E-state index in [-0.39, 0.29) is 0 Å². The standard InChI is InChI=1S/C18H24N4OS2/c24-18(19-7-9-21-10-12-23-13-11-21)22-8-3-5-15(22)17-20-14-4-1-2-6-16(14)25-17/h1-2,4,6,15H,3,5,7-13H2,(H,19,24)/t15-/m1/s1. The van der Waals surface area contributed by atoms with Crippen molar-refractivity contribution in [2.24, 2.45) is 0 Å². The van der Waals surface area contributed by atoms with Gasteiger partial charge in [-0.15, -0.1) is 11.3 Å². The summed E-state index contributed by atoms with van der Waals surface area (Å²) in [6, 6.07) is 8.69. The maximum Gasteiger partial charge on any atom is 0.169 e. The first-order chi connectivity index (χ1) is 12.3. The molecular formula is C18H24N4OS2. The van der Waals surface area contributed by atoms with Crippen molar-refractivity contribution in [2.75, 3.05) is 45.9 Å². The zero-order valence-corrected chi connectivity index (χ0v) is 16.0.